The minimum atomic E-state index is 0.620. The number of halogens is 2. The van der Waals surface area contributed by atoms with Gasteiger partial charge in [0.2, 0.25) is 0 Å². The Balaban J connectivity index is 2.34. The van der Waals surface area contributed by atoms with Gasteiger partial charge in [0.15, 0.2) is 0 Å². The van der Waals surface area contributed by atoms with Gasteiger partial charge in [0, 0.05) is 11.4 Å². The summed E-state index contributed by atoms with van der Waals surface area (Å²) in [6.07, 6.45) is 2.44. The van der Waals surface area contributed by atoms with E-state index in [1.807, 2.05) is 7.05 Å². The van der Waals surface area contributed by atoms with Crippen molar-refractivity contribution in [2.75, 3.05) is 13.6 Å². The Hall–Kier alpha value is 0.430. The molecule has 0 saturated carbocycles. The number of hydrogen-bond donors (Lipinski definition) is 1. The molecule has 1 aromatic rings. The summed E-state index contributed by atoms with van der Waals surface area (Å²) < 4.78 is 1.10. The van der Waals surface area contributed by atoms with E-state index in [0.717, 1.165) is 15.4 Å². The van der Waals surface area contributed by atoms with Gasteiger partial charge in [-0.2, -0.15) is 0 Å². The maximum Gasteiger partial charge on any atom is 0.0890 e. The van der Waals surface area contributed by atoms with E-state index in [0.29, 0.717) is 5.92 Å². The predicted molar refractivity (Wildman–Crippen MR) is 62.0 cm³/mol. The van der Waals surface area contributed by atoms with Crippen molar-refractivity contribution in [2.24, 2.45) is 0 Å². The molecule has 0 spiro atoms. The summed E-state index contributed by atoms with van der Waals surface area (Å²) in [5, 5.41) is 4.16. The Labute approximate surface area is 95.6 Å². The first-order valence-electron chi connectivity index (χ1n) is 4.35. The number of rotatable bonds is 2. The van der Waals surface area contributed by atoms with Crippen LogP contribution in [0.1, 0.15) is 22.8 Å². The lowest BCUT2D eigenvalue weighted by atomic mass is 10.0. The molecule has 1 N–H and O–H groups in total. The van der Waals surface area contributed by atoms with Gasteiger partial charge in [0.1, 0.15) is 0 Å². The number of aryl methyl sites for hydroxylation is 1. The molecule has 1 nitrogen and oxygen atoms in total. The predicted octanol–water partition coefficient (Wildman–Crippen LogP) is 3.41. The van der Waals surface area contributed by atoms with Crippen LogP contribution in [0, 0.1) is 0 Å². The Kier molecular flexibility index (Phi) is 2.98. The molecule has 0 saturated heterocycles. The Morgan fingerprint density at radius 1 is 1.69 bits per heavy atom. The monoisotopic (exact) mass is 279 g/mol. The quantitative estimate of drug-likeness (QED) is 0.875. The zero-order valence-corrected chi connectivity index (χ0v) is 10.5. The molecule has 1 atom stereocenters. The molecule has 0 aromatic carbocycles. The summed E-state index contributed by atoms with van der Waals surface area (Å²) in [4.78, 5) is 1.47. The van der Waals surface area contributed by atoms with Gasteiger partial charge < -0.3 is 5.32 Å². The molecular formula is C9H11BrClNS. The smallest absolute Gasteiger partial charge is 0.0890 e. The fourth-order valence-electron chi connectivity index (χ4n) is 1.93. The van der Waals surface area contributed by atoms with Crippen LogP contribution in [-0.4, -0.2) is 13.6 Å². The molecule has 0 amide bonds. The van der Waals surface area contributed by atoms with Crippen LogP contribution in [0.5, 0.6) is 0 Å². The second-order valence-corrected chi connectivity index (χ2v) is 6.12. The molecule has 0 fully saturated rings. The molecule has 1 aliphatic carbocycles. The largest absolute Gasteiger partial charge is 0.319 e. The molecule has 1 aliphatic rings. The molecule has 2 rings (SSSR count). The van der Waals surface area contributed by atoms with E-state index in [2.05, 4.69) is 21.2 Å². The number of thiophene rings is 1. The summed E-state index contributed by atoms with van der Waals surface area (Å²) in [5.74, 6) is 0.620. The first kappa shape index (κ1) is 9.97. The van der Waals surface area contributed by atoms with E-state index >= 15 is 0 Å². The third kappa shape index (κ3) is 1.67. The third-order valence-corrected chi connectivity index (χ3v) is 5.17. The van der Waals surface area contributed by atoms with E-state index < -0.39 is 0 Å². The van der Waals surface area contributed by atoms with E-state index in [1.54, 1.807) is 11.3 Å². The SMILES string of the molecule is CNC[C@H]1CCc2sc(Br)c(Cl)c21. The second-order valence-electron chi connectivity index (χ2n) is 3.32. The van der Waals surface area contributed by atoms with Crippen LogP contribution in [0.4, 0.5) is 0 Å². The highest BCUT2D eigenvalue weighted by atomic mass is 79.9. The van der Waals surface area contributed by atoms with Gasteiger partial charge in [0.25, 0.3) is 0 Å². The van der Waals surface area contributed by atoms with Crippen molar-refractivity contribution in [1.82, 2.24) is 5.32 Å². The molecule has 72 valence electrons. The van der Waals surface area contributed by atoms with Crippen molar-refractivity contribution in [2.45, 2.75) is 18.8 Å². The lowest BCUT2D eigenvalue weighted by Crippen LogP contribution is -2.15. The van der Waals surface area contributed by atoms with Crippen molar-refractivity contribution in [3.8, 4) is 0 Å². The minimum Gasteiger partial charge on any atom is -0.319 e. The van der Waals surface area contributed by atoms with Crippen LogP contribution in [0.15, 0.2) is 3.79 Å². The summed E-state index contributed by atoms with van der Waals surface area (Å²) in [7, 11) is 1.99. The highest BCUT2D eigenvalue weighted by molar-refractivity contribution is 9.11. The lowest BCUT2D eigenvalue weighted by Gasteiger charge is -2.09. The van der Waals surface area contributed by atoms with Crippen LogP contribution in [0.3, 0.4) is 0 Å². The van der Waals surface area contributed by atoms with E-state index in [9.17, 15) is 0 Å². The van der Waals surface area contributed by atoms with Crippen molar-refractivity contribution < 1.29 is 0 Å². The van der Waals surface area contributed by atoms with Crippen molar-refractivity contribution in [1.29, 1.82) is 0 Å². The van der Waals surface area contributed by atoms with E-state index in [-0.39, 0.29) is 0 Å². The number of likely N-dealkylation sites (N-methyl/N-ethyl adjacent to an activating group) is 1. The topological polar surface area (TPSA) is 12.0 Å². The molecule has 0 bridgehead atoms. The first-order chi connectivity index (χ1) is 6.24. The summed E-state index contributed by atoms with van der Waals surface area (Å²) in [5.41, 5.74) is 1.38. The molecule has 0 radical (unpaired) electrons. The Morgan fingerprint density at radius 2 is 2.46 bits per heavy atom. The Bertz CT molecular complexity index is 324. The molecule has 1 aromatic heterocycles. The molecule has 4 heteroatoms. The van der Waals surface area contributed by atoms with E-state index in [1.165, 1.54) is 23.3 Å². The molecule has 13 heavy (non-hydrogen) atoms. The highest BCUT2D eigenvalue weighted by Crippen LogP contribution is 2.46. The fraction of sp³-hybridized carbons (Fsp3) is 0.556. The fourth-order valence-corrected chi connectivity index (χ4v) is 4.18. The van der Waals surface area contributed by atoms with Crippen molar-refractivity contribution in [3.05, 3.63) is 19.2 Å². The molecular weight excluding hydrogens is 270 g/mol. The van der Waals surface area contributed by atoms with Gasteiger partial charge >= 0.3 is 0 Å². The summed E-state index contributed by atoms with van der Waals surface area (Å²) in [6, 6.07) is 0. The van der Waals surface area contributed by atoms with E-state index in [4.69, 9.17) is 11.6 Å². The maximum absolute atomic E-state index is 6.22. The minimum absolute atomic E-state index is 0.620. The number of nitrogens with one attached hydrogen (secondary N) is 1. The van der Waals surface area contributed by atoms with Gasteiger partial charge in [-0.25, -0.2) is 0 Å². The van der Waals surface area contributed by atoms with Crippen molar-refractivity contribution >= 4 is 38.9 Å². The number of fused-ring (bicyclic) bond motifs is 1. The van der Waals surface area contributed by atoms with Gasteiger partial charge in [0.05, 0.1) is 8.81 Å². The van der Waals surface area contributed by atoms with Gasteiger partial charge in [-0.1, -0.05) is 11.6 Å². The van der Waals surface area contributed by atoms with Gasteiger partial charge in [-0.15, -0.1) is 11.3 Å². The molecule has 0 aliphatic heterocycles. The average molecular weight is 281 g/mol. The average Bonchev–Trinajstić information content (AvgIpc) is 2.58. The zero-order valence-electron chi connectivity index (χ0n) is 7.36. The highest BCUT2D eigenvalue weighted by Gasteiger charge is 2.28. The van der Waals surface area contributed by atoms with Crippen LogP contribution in [-0.2, 0) is 6.42 Å². The van der Waals surface area contributed by atoms with Crippen molar-refractivity contribution in [3.63, 3.8) is 0 Å². The molecule has 0 unspecified atom stereocenters. The summed E-state index contributed by atoms with van der Waals surface area (Å²) in [6.45, 7) is 1.04. The van der Waals surface area contributed by atoms with Gasteiger partial charge in [-0.3, -0.25) is 0 Å². The Morgan fingerprint density at radius 3 is 3.15 bits per heavy atom. The molecule has 1 heterocycles. The zero-order chi connectivity index (χ0) is 9.42. The van der Waals surface area contributed by atoms with Crippen LogP contribution >= 0.6 is 38.9 Å². The van der Waals surface area contributed by atoms with Crippen LogP contribution in [0.25, 0.3) is 0 Å². The lowest BCUT2D eigenvalue weighted by molar-refractivity contribution is 0.623. The maximum atomic E-state index is 6.22. The van der Waals surface area contributed by atoms with Crippen LogP contribution < -0.4 is 5.32 Å². The van der Waals surface area contributed by atoms with Gasteiger partial charge in [-0.05, 0) is 47.3 Å². The third-order valence-electron chi connectivity index (χ3n) is 2.50. The summed E-state index contributed by atoms with van der Waals surface area (Å²) >= 11 is 11.5. The first-order valence-corrected chi connectivity index (χ1v) is 6.34. The second kappa shape index (κ2) is 3.89. The normalized spacial score (nSPS) is 20.7. The number of hydrogen-bond acceptors (Lipinski definition) is 2. The standard InChI is InChI=1S/C9H11BrClNS/c1-12-4-5-2-3-6-7(5)8(11)9(10)13-6/h5,12H,2-4H2,1H3/t5-/m1/s1. The van der Waals surface area contributed by atoms with Crippen LogP contribution in [0.2, 0.25) is 5.02 Å².